The fourth-order valence-electron chi connectivity index (χ4n) is 3.21. The first-order valence-corrected chi connectivity index (χ1v) is 10.1. The average Bonchev–Trinajstić information content (AvgIpc) is 2.75. The summed E-state index contributed by atoms with van der Waals surface area (Å²) in [7, 11) is 0. The number of anilines is 1. The molecule has 2 aromatic rings. The van der Waals surface area contributed by atoms with Gasteiger partial charge in [-0.15, -0.1) is 0 Å². The molecule has 5 nitrogen and oxygen atoms in total. The Bertz CT molecular complexity index is 819. The second kappa shape index (κ2) is 10.3. The molecule has 0 aliphatic carbocycles. The molecule has 1 fully saturated rings. The van der Waals surface area contributed by atoms with Gasteiger partial charge >= 0.3 is 12.2 Å². The lowest BCUT2D eigenvalue weighted by atomic mass is 10.1. The second-order valence-electron chi connectivity index (χ2n) is 7.20. The van der Waals surface area contributed by atoms with Crippen LogP contribution in [0.5, 0.6) is 5.75 Å². The summed E-state index contributed by atoms with van der Waals surface area (Å²) in [6.45, 7) is 3.38. The van der Waals surface area contributed by atoms with Crippen LogP contribution in [0.4, 0.5) is 23.7 Å². The first kappa shape index (κ1) is 22.0. The second-order valence-corrected chi connectivity index (χ2v) is 7.20. The SMILES string of the molecule is O=C(Nc1ccc(CCCCOc2cccc(C(F)(F)F)c2)cc1)N1CCNCC1. The van der Waals surface area contributed by atoms with Crippen molar-refractivity contribution in [2.24, 2.45) is 0 Å². The molecule has 0 bridgehead atoms. The zero-order valence-corrected chi connectivity index (χ0v) is 16.7. The molecule has 1 aliphatic rings. The van der Waals surface area contributed by atoms with Crippen LogP contribution in [0.15, 0.2) is 48.5 Å². The highest BCUT2D eigenvalue weighted by atomic mass is 19.4. The van der Waals surface area contributed by atoms with E-state index in [1.54, 1.807) is 4.90 Å². The zero-order chi connectivity index (χ0) is 21.4. The van der Waals surface area contributed by atoms with Crippen LogP contribution in [-0.4, -0.2) is 43.7 Å². The maximum absolute atomic E-state index is 12.7. The Morgan fingerprint density at radius 1 is 1.07 bits per heavy atom. The molecule has 8 heteroatoms. The van der Waals surface area contributed by atoms with Crippen molar-refractivity contribution in [2.75, 3.05) is 38.1 Å². The van der Waals surface area contributed by atoms with Gasteiger partial charge in [-0.3, -0.25) is 0 Å². The predicted molar refractivity (Wildman–Crippen MR) is 110 cm³/mol. The number of carbonyl (C=O) groups is 1. The van der Waals surface area contributed by atoms with E-state index in [0.29, 0.717) is 19.7 Å². The van der Waals surface area contributed by atoms with E-state index in [2.05, 4.69) is 10.6 Å². The van der Waals surface area contributed by atoms with Gasteiger partial charge in [-0.05, 0) is 55.2 Å². The first-order valence-electron chi connectivity index (χ1n) is 10.1. The minimum Gasteiger partial charge on any atom is -0.494 e. The fraction of sp³-hybridized carbons (Fsp3) is 0.409. The third-order valence-corrected chi connectivity index (χ3v) is 4.90. The largest absolute Gasteiger partial charge is 0.494 e. The lowest BCUT2D eigenvalue weighted by Gasteiger charge is -2.27. The lowest BCUT2D eigenvalue weighted by molar-refractivity contribution is -0.137. The molecular formula is C22H26F3N3O2. The molecule has 1 saturated heterocycles. The van der Waals surface area contributed by atoms with E-state index in [-0.39, 0.29) is 11.8 Å². The first-order chi connectivity index (χ1) is 14.4. The molecule has 1 heterocycles. The van der Waals surface area contributed by atoms with Gasteiger partial charge < -0.3 is 20.3 Å². The van der Waals surface area contributed by atoms with Gasteiger partial charge in [0, 0.05) is 31.9 Å². The molecule has 162 valence electrons. The van der Waals surface area contributed by atoms with E-state index in [4.69, 9.17) is 4.74 Å². The number of nitrogens with zero attached hydrogens (tertiary/aromatic N) is 1. The van der Waals surface area contributed by atoms with Crippen molar-refractivity contribution in [3.63, 3.8) is 0 Å². The number of unbranched alkanes of at least 4 members (excludes halogenated alkanes) is 1. The van der Waals surface area contributed by atoms with Crippen molar-refractivity contribution in [1.29, 1.82) is 0 Å². The summed E-state index contributed by atoms with van der Waals surface area (Å²) in [5, 5.41) is 6.12. The molecule has 0 atom stereocenters. The summed E-state index contributed by atoms with van der Waals surface area (Å²) in [5.41, 5.74) is 1.19. The van der Waals surface area contributed by atoms with E-state index in [1.807, 2.05) is 24.3 Å². The van der Waals surface area contributed by atoms with Crippen molar-refractivity contribution in [3.8, 4) is 5.75 Å². The molecule has 0 radical (unpaired) electrons. The lowest BCUT2D eigenvalue weighted by Crippen LogP contribution is -2.48. The number of hydrogen-bond acceptors (Lipinski definition) is 3. The number of nitrogens with one attached hydrogen (secondary N) is 2. The molecule has 1 aliphatic heterocycles. The Kier molecular flexibility index (Phi) is 7.57. The Hall–Kier alpha value is -2.74. The van der Waals surface area contributed by atoms with Crippen LogP contribution < -0.4 is 15.4 Å². The van der Waals surface area contributed by atoms with Crippen LogP contribution in [0.3, 0.4) is 0 Å². The molecule has 2 aromatic carbocycles. The maximum atomic E-state index is 12.7. The summed E-state index contributed by atoms with van der Waals surface area (Å²) in [6.07, 6.45) is -1.95. The Morgan fingerprint density at radius 3 is 2.50 bits per heavy atom. The van der Waals surface area contributed by atoms with Crippen LogP contribution in [0, 0.1) is 0 Å². The van der Waals surface area contributed by atoms with E-state index in [0.717, 1.165) is 55.7 Å². The quantitative estimate of drug-likeness (QED) is 0.646. The summed E-state index contributed by atoms with van der Waals surface area (Å²) < 4.78 is 43.6. The van der Waals surface area contributed by atoms with Gasteiger partial charge in [0.2, 0.25) is 0 Å². The number of benzene rings is 2. The molecule has 2 N–H and O–H groups in total. The number of hydrogen-bond donors (Lipinski definition) is 2. The van der Waals surface area contributed by atoms with Crippen molar-refractivity contribution in [3.05, 3.63) is 59.7 Å². The molecule has 3 rings (SSSR count). The van der Waals surface area contributed by atoms with Gasteiger partial charge in [0.1, 0.15) is 5.75 Å². The molecule has 0 spiro atoms. The van der Waals surface area contributed by atoms with Crippen molar-refractivity contribution in [2.45, 2.75) is 25.4 Å². The molecular weight excluding hydrogens is 395 g/mol. The Balaban J connectivity index is 1.37. The smallest absolute Gasteiger partial charge is 0.416 e. The van der Waals surface area contributed by atoms with Crippen molar-refractivity contribution in [1.82, 2.24) is 10.2 Å². The van der Waals surface area contributed by atoms with Crippen molar-refractivity contribution < 1.29 is 22.7 Å². The van der Waals surface area contributed by atoms with Gasteiger partial charge in [-0.2, -0.15) is 13.2 Å². The van der Waals surface area contributed by atoms with E-state index in [1.165, 1.54) is 12.1 Å². The number of piperazine rings is 1. The normalized spacial score (nSPS) is 14.4. The third kappa shape index (κ3) is 6.66. The Morgan fingerprint density at radius 2 is 1.80 bits per heavy atom. The number of urea groups is 1. The maximum Gasteiger partial charge on any atom is 0.416 e. The van der Waals surface area contributed by atoms with Gasteiger partial charge in [0.25, 0.3) is 0 Å². The van der Waals surface area contributed by atoms with E-state index < -0.39 is 11.7 Å². The average molecular weight is 421 g/mol. The van der Waals surface area contributed by atoms with Crippen LogP contribution in [0.25, 0.3) is 0 Å². The van der Waals surface area contributed by atoms with Gasteiger partial charge in [0.15, 0.2) is 0 Å². The Labute approximate surface area is 174 Å². The topological polar surface area (TPSA) is 53.6 Å². The number of amides is 2. The van der Waals surface area contributed by atoms with E-state index >= 15 is 0 Å². The van der Waals surface area contributed by atoms with Crippen LogP contribution in [-0.2, 0) is 12.6 Å². The minimum atomic E-state index is -4.37. The third-order valence-electron chi connectivity index (χ3n) is 4.90. The van der Waals surface area contributed by atoms with Gasteiger partial charge in [-0.25, -0.2) is 4.79 Å². The molecule has 30 heavy (non-hydrogen) atoms. The van der Waals surface area contributed by atoms with Gasteiger partial charge in [0.05, 0.1) is 12.2 Å². The molecule has 0 saturated carbocycles. The molecule has 2 amide bonds. The summed E-state index contributed by atoms with van der Waals surface area (Å²) >= 11 is 0. The van der Waals surface area contributed by atoms with Crippen LogP contribution in [0.1, 0.15) is 24.0 Å². The molecule has 0 unspecified atom stereocenters. The standard InChI is InChI=1S/C22H26F3N3O2/c23-22(24,25)18-5-3-6-20(16-18)30-15-2-1-4-17-7-9-19(10-8-17)27-21(29)28-13-11-26-12-14-28/h3,5-10,16,26H,1-2,4,11-15H2,(H,27,29). The zero-order valence-electron chi connectivity index (χ0n) is 16.7. The van der Waals surface area contributed by atoms with Crippen molar-refractivity contribution >= 4 is 11.7 Å². The highest BCUT2D eigenvalue weighted by Crippen LogP contribution is 2.31. The number of carbonyl (C=O) groups excluding carboxylic acids is 1. The predicted octanol–water partition coefficient (Wildman–Crippen LogP) is 4.54. The summed E-state index contributed by atoms with van der Waals surface area (Å²) in [6, 6.07) is 12.6. The van der Waals surface area contributed by atoms with E-state index in [9.17, 15) is 18.0 Å². The summed E-state index contributed by atoms with van der Waals surface area (Å²) in [5.74, 6) is 0.231. The number of aryl methyl sites for hydroxylation is 1. The highest BCUT2D eigenvalue weighted by Gasteiger charge is 2.30. The number of ether oxygens (including phenoxy) is 1. The number of rotatable bonds is 7. The van der Waals surface area contributed by atoms with Crippen LogP contribution >= 0.6 is 0 Å². The fourth-order valence-corrected chi connectivity index (χ4v) is 3.21. The molecule has 0 aromatic heterocycles. The number of halogens is 3. The monoisotopic (exact) mass is 421 g/mol. The highest BCUT2D eigenvalue weighted by molar-refractivity contribution is 5.89. The van der Waals surface area contributed by atoms with Gasteiger partial charge in [-0.1, -0.05) is 18.2 Å². The minimum absolute atomic E-state index is 0.0870. The number of alkyl halides is 3. The van der Waals surface area contributed by atoms with Crippen LogP contribution in [0.2, 0.25) is 0 Å². The summed E-state index contributed by atoms with van der Waals surface area (Å²) in [4.78, 5) is 14.0.